The summed E-state index contributed by atoms with van der Waals surface area (Å²) < 4.78 is 4.69. The van der Waals surface area contributed by atoms with Crippen LogP contribution in [0, 0.1) is 0 Å². The molecule has 0 saturated carbocycles. The van der Waals surface area contributed by atoms with E-state index in [-0.39, 0.29) is 37.8 Å². The van der Waals surface area contributed by atoms with Gasteiger partial charge in [-0.2, -0.15) is 0 Å². The Kier molecular flexibility index (Phi) is 10.0. The molecule has 2 amide bonds. The fraction of sp³-hybridized carbons (Fsp3) is 0.400. The Morgan fingerprint density at radius 2 is 1.68 bits per heavy atom. The van der Waals surface area contributed by atoms with E-state index in [0.717, 1.165) is 11.6 Å². The van der Waals surface area contributed by atoms with Gasteiger partial charge >= 0.3 is 11.9 Å². The molecule has 0 heterocycles. The zero-order chi connectivity index (χ0) is 20.9. The van der Waals surface area contributed by atoms with E-state index in [9.17, 15) is 19.2 Å². The van der Waals surface area contributed by atoms with Gasteiger partial charge in [-0.15, -0.1) is 0 Å². The molecule has 1 rings (SSSR count). The fourth-order valence-corrected chi connectivity index (χ4v) is 2.34. The van der Waals surface area contributed by atoms with Gasteiger partial charge in [0.05, 0.1) is 12.6 Å². The van der Waals surface area contributed by atoms with Gasteiger partial charge in [-0.1, -0.05) is 36.4 Å². The molecular formula is C20H26N2O6. The van der Waals surface area contributed by atoms with Crippen molar-refractivity contribution in [3.05, 3.63) is 48.0 Å². The summed E-state index contributed by atoms with van der Waals surface area (Å²) in [4.78, 5) is 46.4. The van der Waals surface area contributed by atoms with Crippen molar-refractivity contribution in [1.29, 1.82) is 0 Å². The van der Waals surface area contributed by atoms with E-state index in [0.29, 0.717) is 0 Å². The van der Waals surface area contributed by atoms with Gasteiger partial charge in [-0.3, -0.25) is 9.59 Å². The lowest BCUT2D eigenvalue weighted by atomic mass is 10.1. The zero-order valence-electron chi connectivity index (χ0n) is 16.0. The summed E-state index contributed by atoms with van der Waals surface area (Å²) in [5.41, 5.74) is 0.944. The number of carboxylic acids is 1. The first-order valence-electron chi connectivity index (χ1n) is 9.03. The van der Waals surface area contributed by atoms with Gasteiger partial charge in [-0.25, -0.2) is 9.59 Å². The lowest BCUT2D eigenvalue weighted by Crippen LogP contribution is -2.40. The lowest BCUT2D eigenvalue weighted by molar-refractivity contribution is -0.142. The zero-order valence-corrected chi connectivity index (χ0v) is 16.0. The molecule has 1 aromatic carbocycles. The first-order valence-corrected chi connectivity index (χ1v) is 9.03. The van der Waals surface area contributed by atoms with Crippen molar-refractivity contribution in [3.8, 4) is 0 Å². The van der Waals surface area contributed by atoms with E-state index >= 15 is 0 Å². The number of nitrogens with one attached hydrogen (secondary N) is 2. The van der Waals surface area contributed by atoms with E-state index in [4.69, 9.17) is 5.11 Å². The van der Waals surface area contributed by atoms with Crippen LogP contribution in [0.5, 0.6) is 0 Å². The minimum atomic E-state index is -1.23. The average molecular weight is 390 g/mol. The highest BCUT2D eigenvalue weighted by Crippen LogP contribution is 2.11. The molecule has 0 fully saturated rings. The topological polar surface area (TPSA) is 122 Å². The van der Waals surface area contributed by atoms with Gasteiger partial charge in [0, 0.05) is 18.9 Å². The summed E-state index contributed by atoms with van der Waals surface area (Å²) in [6.07, 6.45) is 2.17. The van der Waals surface area contributed by atoms with Gasteiger partial charge < -0.3 is 20.5 Å². The molecule has 0 aliphatic carbocycles. The maximum Gasteiger partial charge on any atom is 0.330 e. The van der Waals surface area contributed by atoms with Crippen molar-refractivity contribution in [3.63, 3.8) is 0 Å². The van der Waals surface area contributed by atoms with E-state index in [1.807, 2.05) is 37.3 Å². The standard InChI is InChI=1S/C20H26N2O6/c1-3-28-19(25)11-7-10-16(20(26)27)22-18(24)13-12-17(23)21-14(2)15-8-5-4-6-9-15/h4-9,11,14,16H,3,10,12-13H2,1-2H3,(H,21,23)(H,22,24)(H,26,27)/b11-7+/t14-,16-/m1/s1. The Morgan fingerprint density at radius 1 is 1.07 bits per heavy atom. The lowest BCUT2D eigenvalue weighted by Gasteiger charge is -2.15. The van der Waals surface area contributed by atoms with Gasteiger partial charge in [0.1, 0.15) is 6.04 Å². The van der Waals surface area contributed by atoms with Crippen molar-refractivity contribution >= 4 is 23.8 Å². The van der Waals surface area contributed by atoms with E-state index in [1.54, 1.807) is 6.92 Å². The second kappa shape index (κ2) is 12.3. The van der Waals surface area contributed by atoms with Crippen LogP contribution in [-0.2, 0) is 23.9 Å². The highest BCUT2D eigenvalue weighted by atomic mass is 16.5. The Morgan fingerprint density at radius 3 is 2.25 bits per heavy atom. The van der Waals surface area contributed by atoms with Crippen LogP contribution in [0.1, 0.15) is 44.7 Å². The second-order valence-electron chi connectivity index (χ2n) is 6.05. The van der Waals surface area contributed by atoms with Crippen LogP contribution in [0.25, 0.3) is 0 Å². The SMILES string of the molecule is CCOC(=O)/C=C/C[C@@H](NC(=O)CCC(=O)N[C@H](C)c1ccccc1)C(=O)O. The number of amides is 2. The van der Waals surface area contributed by atoms with Crippen LogP contribution in [0.4, 0.5) is 0 Å². The maximum atomic E-state index is 12.0. The van der Waals surface area contributed by atoms with E-state index in [2.05, 4.69) is 15.4 Å². The summed E-state index contributed by atoms with van der Waals surface area (Å²) in [6, 6.07) is 8.00. The molecule has 8 nitrogen and oxygen atoms in total. The van der Waals surface area contributed by atoms with Crippen LogP contribution < -0.4 is 10.6 Å². The third-order valence-electron chi connectivity index (χ3n) is 3.80. The molecule has 0 aliphatic heterocycles. The summed E-state index contributed by atoms with van der Waals surface area (Å²) in [5.74, 6) is -2.67. The molecular weight excluding hydrogens is 364 g/mol. The Hall–Kier alpha value is -3.16. The van der Waals surface area contributed by atoms with Gasteiger partial charge in [0.2, 0.25) is 11.8 Å². The largest absolute Gasteiger partial charge is 0.480 e. The molecule has 0 aromatic heterocycles. The molecule has 0 unspecified atom stereocenters. The molecule has 0 aliphatic rings. The van der Waals surface area contributed by atoms with Gasteiger partial charge in [-0.05, 0) is 25.8 Å². The van der Waals surface area contributed by atoms with Crippen LogP contribution in [0.3, 0.4) is 0 Å². The maximum absolute atomic E-state index is 12.0. The number of carbonyl (C=O) groups excluding carboxylic acids is 3. The van der Waals surface area contributed by atoms with Crippen molar-refractivity contribution in [1.82, 2.24) is 10.6 Å². The number of esters is 1. The molecule has 0 radical (unpaired) electrons. The summed E-state index contributed by atoms with van der Waals surface area (Å²) >= 11 is 0. The average Bonchev–Trinajstić information content (AvgIpc) is 2.66. The number of benzene rings is 1. The van der Waals surface area contributed by atoms with E-state index in [1.165, 1.54) is 6.08 Å². The molecule has 152 valence electrons. The van der Waals surface area contributed by atoms with Crippen LogP contribution in [0.15, 0.2) is 42.5 Å². The molecule has 0 bridgehead atoms. The minimum absolute atomic E-state index is 0.0615. The van der Waals surface area contributed by atoms with E-state index < -0.39 is 23.9 Å². The van der Waals surface area contributed by atoms with Crippen molar-refractivity contribution < 1.29 is 29.0 Å². The highest BCUT2D eigenvalue weighted by Gasteiger charge is 2.19. The number of carbonyl (C=O) groups is 4. The van der Waals surface area contributed by atoms with Crippen molar-refractivity contribution in [2.45, 2.75) is 45.2 Å². The quantitative estimate of drug-likeness (QED) is 0.391. The number of aliphatic carboxylic acids is 1. The Balaban J connectivity index is 2.42. The molecule has 28 heavy (non-hydrogen) atoms. The first kappa shape index (κ1) is 22.9. The summed E-state index contributed by atoms with van der Waals surface area (Å²) in [6.45, 7) is 3.71. The molecule has 3 N–H and O–H groups in total. The van der Waals surface area contributed by atoms with Crippen molar-refractivity contribution in [2.24, 2.45) is 0 Å². The third kappa shape index (κ3) is 8.98. The number of hydrogen-bond acceptors (Lipinski definition) is 5. The van der Waals surface area contributed by atoms with Gasteiger partial charge in [0.25, 0.3) is 0 Å². The number of hydrogen-bond donors (Lipinski definition) is 3. The normalized spacial score (nSPS) is 12.8. The van der Waals surface area contributed by atoms with Crippen LogP contribution >= 0.6 is 0 Å². The van der Waals surface area contributed by atoms with Crippen LogP contribution in [0.2, 0.25) is 0 Å². The number of carboxylic acid groups (broad SMARTS) is 1. The number of rotatable bonds is 11. The minimum Gasteiger partial charge on any atom is -0.480 e. The molecule has 0 spiro atoms. The Bertz CT molecular complexity index is 702. The monoisotopic (exact) mass is 390 g/mol. The van der Waals surface area contributed by atoms with Crippen molar-refractivity contribution in [2.75, 3.05) is 6.61 Å². The Labute approximate surface area is 164 Å². The third-order valence-corrected chi connectivity index (χ3v) is 3.80. The number of ether oxygens (including phenoxy) is 1. The predicted octanol–water partition coefficient (Wildman–Crippen LogP) is 1.72. The first-order chi connectivity index (χ1) is 13.3. The molecule has 1 aromatic rings. The predicted molar refractivity (Wildman–Crippen MR) is 102 cm³/mol. The smallest absolute Gasteiger partial charge is 0.330 e. The van der Waals surface area contributed by atoms with Gasteiger partial charge in [0.15, 0.2) is 0 Å². The second-order valence-corrected chi connectivity index (χ2v) is 6.05. The fourth-order valence-electron chi connectivity index (χ4n) is 2.34. The highest BCUT2D eigenvalue weighted by molar-refractivity contribution is 5.87. The summed E-state index contributed by atoms with van der Waals surface area (Å²) in [5, 5.41) is 14.3. The molecule has 2 atom stereocenters. The molecule has 0 saturated heterocycles. The summed E-state index contributed by atoms with van der Waals surface area (Å²) in [7, 11) is 0. The molecule has 8 heteroatoms. The van der Waals surface area contributed by atoms with Crippen LogP contribution in [-0.4, -0.2) is 41.5 Å².